The summed E-state index contributed by atoms with van der Waals surface area (Å²) < 4.78 is 11.1. The molecule has 0 aliphatic carbocycles. The van der Waals surface area contributed by atoms with Gasteiger partial charge in [-0.1, -0.05) is 17.7 Å². The van der Waals surface area contributed by atoms with E-state index in [1.54, 1.807) is 0 Å². The molecule has 0 amide bonds. The number of nitrogens with one attached hydrogen (secondary N) is 1. The van der Waals surface area contributed by atoms with Crippen molar-refractivity contribution in [3.05, 3.63) is 29.3 Å². The van der Waals surface area contributed by atoms with Crippen LogP contribution in [0.1, 0.15) is 30.0 Å². The number of hydrogen-bond acceptors (Lipinski definition) is 4. The highest BCUT2D eigenvalue weighted by atomic mass is 16.5. The Balaban J connectivity index is 1.46. The zero-order valence-electron chi connectivity index (χ0n) is 12.9. The maximum atomic E-state index is 5.75. The lowest BCUT2D eigenvalue weighted by Gasteiger charge is -2.29. The molecule has 1 fully saturated rings. The Morgan fingerprint density at radius 1 is 1.24 bits per heavy atom. The largest absolute Gasteiger partial charge is 0.493 e. The van der Waals surface area contributed by atoms with Crippen LogP contribution in [0.25, 0.3) is 0 Å². The number of benzene rings is 1. The van der Waals surface area contributed by atoms with E-state index in [1.165, 1.54) is 24.1 Å². The SMILES string of the molecule is Cc1ccc2c(c1)C(NCCCN1CCOCC1)CCO2. The summed E-state index contributed by atoms with van der Waals surface area (Å²) in [7, 11) is 0. The first-order valence-corrected chi connectivity index (χ1v) is 8.10. The predicted molar refractivity (Wildman–Crippen MR) is 83.9 cm³/mol. The summed E-state index contributed by atoms with van der Waals surface area (Å²) in [6.07, 6.45) is 2.26. The first kappa shape index (κ1) is 14.8. The van der Waals surface area contributed by atoms with E-state index >= 15 is 0 Å². The van der Waals surface area contributed by atoms with Gasteiger partial charge in [-0.05, 0) is 32.5 Å². The summed E-state index contributed by atoms with van der Waals surface area (Å²) in [5, 5.41) is 3.71. The highest BCUT2D eigenvalue weighted by Crippen LogP contribution is 2.32. The lowest BCUT2D eigenvalue weighted by Crippen LogP contribution is -2.38. The van der Waals surface area contributed by atoms with Gasteiger partial charge in [-0.25, -0.2) is 0 Å². The molecule has 0 bridgehead atoms. The Kier molecular flexibility index (Phi) is 5.12. The van der Waals surface area contributed by atoms with Crippen molar-refractivity contribution < 1.29 is 9.47 Å². The Bertz CT molecular complexity index is 458. The van der Waals surface area contributed by atoms with E-state index in [2.05, 4.69) is 35.3 Å². The van der Waals surface area contributed by atoms with Crippen LogP contribution in [-0.2, 0) is 4.74 Å². The third-order valence-electron chi connectivity index (χ3n) is 4.35. The summed E-state index contributed by atoms with van der Waals surface area (Å²) in [6.45, 7) is 9.13. The lowest BCUT2D eigenvalue weighted by atomic mass is 9.98. The van der Waals surface area contributed by atoms with E-state index in [0.29, 0.717) is 6.04 Å². The van der Waals surface area contributed by atoms with E-state index < -0.39 is 0 Å². The third kappa shape index (κ3) is 3.96. The molecule has 2 heterocycles. The van der Waals surface area contributed by atoms with Crippen molar-refractivity contribution in [2.45, 2.75) is 25.8 Å². The minimum Gasteiger partial charge on any atom is -0.493 e. The Morgan fingerprint density at radius 2 is 2.10 bits per heavy atom. The van der Waals surface area contributed by atoms with Gasteiger partial charge in [0.25, 0.3) is 0 Å². The van der Waals surface area contributed by atoms with Gasteiger partial charge in [0.1, 0.15) is 5.75 Å². The van der Waals surface area contributed by atoms with Crippen LogP contribution in [0.2, 0.25) is 0 Å². The molecule has 1 aromatic carbocycles. The lowest BCUT2D eigenvalue weighted by molar-refractivity contribution is 0.0373. The Hall–Kier alpha value is -1.10. The van der Waals surface area contributed by atoms with Gasteiger partial charge in [0, 0.05) is 31.1 Å². The molecule has 4 heteroatoms. The van der Waals surface area contributed by atoms with E-state index in [0.717, 1.165) is 51.6 Å². The molecule has 2 aliphatic rings. The molecule has 1 aromatic rings. The molecular formula is C17H26N2O2. The predicted octanol–water partition coefficient (Wildman–Crippen LogP) is 2.13. The molecule has 1 unspecified atom stereocenters. The van der Waals surface area contributed by atoms with Crippen LogP contribution >= 0.6 is 0 Å². The van der Waals surface area contributed by atoms with Gasteiger partial charge in [-0.2, -0.15) is 0 Å². The molecule has 116 valence electrons. The normalized spacial score (nSPS) is 22.6. The summed E-state index contributed by atoms with van der Waals surface area (Å²) in [5.41, 5.74) is 2.63. The maximum Gasteiger partial charge on any atom is 0.124 e. The number of morpholine rings is 1. The van der Waals surface area contributed by atoms with Crippen molar-refractivity contribution in [1.82, 2.24) is 10.2 Å². The third-order valence-corrected chi connectivity index (χ3v) is 4.35. The quantitative estimate of drug-likeness (QED) is 0.842. The van der Waals surface area contributed by atoms with Gasteiger partial charge >= 0.3 is 0 Å². The minimum absolute atomic E-state index is 0.443. The van der Waals surface area contributed by atoms with Crippen LogP contribution in [0, 0.1) is 6.92 Å². The van der Waals surface area contributed by atoms with Crippen molar-refractivity contribution in [1.29, 1.82) is 0 Å². The van der Waals surface area contributed by atoms with Crippen molar-refractivity contribution in [2.75, 3.05) is 46.0 Å². The minimum atomic E-state index is 0.443. The second-order valence-corrected chi connectivity index (χ2v) is 5.99. The van der Waals surface area contributed by atoms with Crippen LogP contribution in [0.5, 0.6) is 5.75 Å². The first-order chi connectivity index (χ1) is 10.3. The van der Waals surface area contributed by atoms with Crippen molar-refractivity contribution in [2.24, 2.45) is 0 Å². The smallest absolute Gasteiger partial charge is 0.124 e. The second-order valence-electron chi connectivity index (χ2n) is 5.99. The zero-order valence-corrected chi connectivity index (χ0v) is 12.9. The molecule has 4 nitrogen and oxygen atoms in total. The van der Waals surface area contributed by atoms with Crippen molar-refractivity contribution in [3.8, 4) is 5.75 Å². The maximum absolute atomic E-state index is 5.75. The van der Waals surface area contributed by atoms with Crippen LogP contribution < -0.4 is 10.1 Å². The molecule has 0 aromatic heterocycles. The van der Waals surface area contributed by atoms with Gasteiger partial charge in [0.15, 0.2) is 0 Å². The standard InChI is InChI=1S/C17H26N2O2/c1-14-3-4-17-15(13-14)16(5-10-21-17)18-6-2-7-19-8-11-20-12-9-19/h3-4,13,16,18H,2,5-12H2,1H3. The Morgan fingerprint density at radius 3 is 2.95 bits per heavy atom. The summed E-state index contributed by atoms with van der Waals surface area (Å²) in [4.78, 5) is 2.49. The summed E-state index contributed by atoms with van der Waals surface area (Å²) in [5.74, 6) is 1.05. The second kappa shape index (κ2) is 7.25. The van der Waals surface area contributed by atoms with Crippen LogP contribution in [0.15, 0.2) is 18.2 Å². The molecule has 0 saturated carbocycles. The van der Waals surface area contributed by atoms with Crippen molar-refractivity contribution >= 4 is 0 Å². The number of hydrogen-bond donors (Lipinski definition) is 1. The highest BCUT2D eigenvalue weighted by molar-refractivity contribution is 5.40. The topological polar surface area (TPSA) is 33.7 Å². The van der Waals surface area contributed by atoms with E-state index in [-0.39, 0.29) is 0 Å². The van der Waals surface area contributed by atoms with Crippen LogP contribution in [-0.4, -0.2) is 50.9 Å². The fourth-order valence-corrected chi connectivity index (χ4v) is 3.13. The average Bonchev–Trinajstić information content (AvgIpc) is 2.53. The summed E-state index contributed by atoms with van der Waals surface area (Å²) >= 11 is 0. The molecule has 1 saturated heterocycles. The van der Waals surface area contributed by atoms with Gasteiger partial charge in [-0.3, -0.25) is 4.90 Å². The molecule has 3 rings (SSSR count). The molecular weight excluding hydrogens is 264 g/mol. The van der Waals surface area contributed by atoms with E-state index in [4.69, 9.17) is 9.47 Å². The van der Waals surface area contributed by atoms with Crippen LogP contribution in [0.3, 0.4) is 0 Å². The van der Waals surface area contributed by atoms with Gasteiger partial charge in [0.05, 0.1) is 19.8 Å². The van der Waals surface area contributed by atoms with Crippen molar-refractivity contribution in [3.63, 3.8) is 0 Å². The number of fused-ring (bicyclic) bond motifs is 1. The zero-order chi connectivity index (χ0) is 14.5. The van der Waals surface area contributed by atoms with E-state index in [9.17, 15) is 0 Å². The molecule has 0 spiro atoms. The fourth-order valence-electron chi connectivity index (χ4n) is 3.13. The Labute approximate surface area is 127 Å². The van der Waals surface area contributed by atoms with Gasteiger partial charge in [0.2, 0.25) is 0 Å². The number of aryl methyl sites for hydroxylation is 1. The number of nitrogens with zero attached hydrogens (tertiary/aromatic N) is 1. The number of rotatable bonds is 5. The molecule has 2 aliphatic heterocycles. The van der Waals surface area contributed by atoms with Crippen LogP contribution in [0.4, 0.5) is 0 Å². The first-order valence-electron chi connectivity index (χ1n) is 8.10. The summed E-state index contributed by atoms with van der Waals surface area (Å²) in [6, 6.07) is 6.93. The average molecular weight is 290 g/mol. The molecule has 1 atom stereocenters. The number of ether oxygens (including phenoxy) is 2. The molecule has 1 N–H and O–H groups in total. The monoisotopic (exact) mass is 290 g/mol. The molecule has 21 heavy (non-hydrogen) atoms. The van der Waals surface area contributed by atoms with Gasteiger partial charge in [-0.15, -0.1) is 0 Å². The van der Waals surface area contributed by atoms with E-state index in [1.807, 2.05) is 0 Å². The molecule has 0 radical (unpaired) electrons. The highest BCUT2D eigenvalue weighted by Gasteiger charge is 2.20. The fraction of sp³-hybridized carbons (Fsp3) is 0.647. The van der Waals surface area contributed by atoms with Gasteiger partial charge < -0.3 is 14.8 Å².